The van der Waals surface area contributed by atoms with Crippen LogP contribution in [0.4, 0.5) is 0 Å². The maximum absolute atomic E-state index is 9.00. The first-order valence-electron chi connectivity index (χ1n) is 2.95. The molecular weight excluding hydrogens is 120 g/mol. The van der Waals surface area contributed by atoms with E-state index in [1.54, 1.807) is 0 Å². The molecule has 0 aliphatic heterocycles. The highest BCUT2D eigenvalue weighted by atomic mass is 16.4. The molecule has 0 aromatic rings. The second-order valence-corrected chi connectivity index (χ2v) is 1.60. The van der Waals surface area contributed by atoms with Crippen LogP contribution in [0.2, 0.25) is 0 Å². The van der Waals surface area contributed by atoms with E-state index in [0.717, 1.165) is 19.8 Å². The predicted molar refractivity (Wildman–Crippen MR) is 35.3 cm³/mol. The van der Waals surface area contributed by atoms with Gasteiger partial charge in [-0.05, 0) is 6.42 Å². The number of aliphatic hydroxyl groups is 1. The number of rotatable bonds is 2. The van der Waals surface area contributed by atoms with Gasteiger partial charge in [0.25, 0.3) is 5.97 Å². The van der Waals surface area contributed by atoms with Crippen molar-refractivity contribution in [2.24, 2.45) is 0 Å². The third kappa shape index (κ3) is 107. The fourth-order valence-electron chi connectivity index (χ4n) is 0.158. The summed E-state index contributed by atoms with van der Waals surface area (Å²) in [4.78, 5) is 9.00. The van der Waals surface area contributed by atoms with Gasteiger partial charge in [0.1, 0.15) is 0 Å². The highest BCUT2D eigenvalue weighted by Crippen LogP contribution is 1.78. The van der Waals surface area contributed by atoms with Crippen LogP contribution in [-0.2, 0) is 4.79 Å². The van der Waals surface area contributed by atoms with Gasteiger partial charge >= 0.3 is 0 Å². The van der Waals surface area contributed by atoms with Crippen molar-refractivity contribution in [2.45, 2.75) is 26.7 Å². The lowest BCUT2D eigenvalue weighted by Gasteiger charge is -1.79. The van der Waals surface area contributed by atoms with E-state index in [4.69, 9.17) is 15.0 Å². The Morgan fingerprint density at radius 3 is 1.89 bits per heavy atom. The Morgan fingerprint density at radius 2 is 1.89 bits per heavy atom. The van der Waals surface area contributed by atoms with Gasteiger partial charge in [-0.2, -0.15) is 0 Å². The van der Waals surface area contributed by atoms with Crippen molar-refractivity contribution in [2.75, 3.05) is 6.61 Å². The quantitative estimate of drug-likeness (QED) is 0.589. The van der Waals surface area contributed by atoms with Crippen LogP contribution in [0.5, 0.6) is 0 Å². The lowest BCUT2D eigenvalue weighted by atomic mass is 10.4. The molecule has 0 rings (SSSR count). The number of aliphatic carboxylic acids is 1. The monoisotopic (exact) mass is 134 g/mol. The first-order chi connectivity index (χ1) is 4.15. The van der Waals surface area contributed by atoms with E-state index < -0.39 is 5.97 Å². The standard InChI is InChI=1S/C4H10O.C2H4O2/c1-2-3-4-5;1-2(3)4/h5H,2-4H2,1H3;1H3,(H,3,4). The van der Waals surface area contributed by atoms with Crippen LogP contribution in [0, 0.1) is 0 Å². The molecule has 0 aliphatic rings. The SMILES string of the molecule is CC(=O)O.CCCCO. The summed E-state index contributed by atoms with van der Waals surface area (Å²) in [5, 5.41) is 15.5. The molecule has 0 saturated heterocycles. The van der Waals surface area contributed by atoms with E-state index in [1.165, 1.54) is 0 Å². The Hall–Kier alpha value is -0.570. The lowest BCUT2D eigenvalue weighted by Crippen LogP contribution is -1.78. The van der Waals surface area contributed by atoms with E-state index in [-0.39, 0.29) is 0 Å². The van der Waals surface area contributed by atoms with E-state index in [9.17, 15) is 0 Å². The number of carboxylic acid groups (broad SMARTS) is 1. The van der Waals surface area contributed by atoms with Crippen LogP contribution in [0.25, 0.3) is 0 Å². The summed E-state index contributed by atoms with van der Waals surface area (Å²) in [6.45, 7) is 3.48. The smallest absolute Gasteiger partial charge is 0.300 e. The number of hydrogen-bond acceptors (Lipinski definition) is 2. The molecule has 0 radical (unpaired) electrons. The molecule has 0 spiro atoms. The topological polar surface area (TPSA) is 57.5 Å². The molecule has 0 amide bonds. The zero-order valence-electron chi connectivity index (χ0n) is 5.92. The molecule has 0 aromatic heterocycles. The van der Waals surface area contributed by atoms with E-state index in [2.05, 4.69) is 6.92 Å². The molecule has 3 nitrogen and oxygen atoms in total. The van der Waals surface area contributed by atoms with Gasteiger partial charge in [0.2, 0.25) is 0 Å². The molecule has 0 heterocycles. The minimum atomic E-state index is -0.833. The number of unbranched alkanes of at least 4 members (excludes halogenated alkanes) is 1. The highest BCUT2D eigenvalue weighted by Gasteiger charge is 1.69. The Labute approximate surface area is 55.3 Å². The number of carboxylic acids is 1. The van der Waals surface area contributed by atoms with Gasteiger partial charge in [0.05, 0.1) is 0 Å². The molecule has 3 heteroatoms. The summed E-state index contributed by atoms with van der Waals surface area (Å²) >= 11 is 0. The van der Waals surface area contributed by atoms with Crippen molar-refractivity contribution in [3.05, 3.63) is 0 Å². The van der Waals surface area contributed by atoms with Crippen molar-refractivity contribution < 1.29 is 15.0 Å². The summed E-state index contributed by atoms with van der Waals surface area (Å²) in [5.74, 6) is -0.833. The van der Waals surface area contributed by atoms with Gasteiger partial charge in [0, 0.05) is 13.5 Å². The van der Waals surface area contributed by atoms with E-state index in [1.807, 2.05) is 0 Å². The lowest BCUT2D eigenvalue weighted by molar-refractivity contribution is -0.134. The first-order valence-corrected chi connectivity index (χ1v) is 2.95. The largest absolute Gasteiger partial charge is 0.481 e. The zero-order valence-corrected chi connectivity index (χ0v) is 5.92. The summed E-state index contributed by atoms with van der Waals surface area (Å²) < 4.78 is 0. The fourth-order valence-corrected chi connectivity index (χ4v) is 0.158. The molecule has 2 N–H and O–H groups in total. The molecule has 9 heavy (non-hydrogen) atoms. The van der Waals surface area contributed by atoms with Crippen LogP contribution in [0.3, 0.4) is 0 Å². The third-order valence-electron chi connectivity index (χ3n) is 0.512. The molecule has 0 unspecified atom stereocenters. The summed E-state index contributed by atoms with van der Waals surface area (Å²) in [6, 6.07) is 0. The van der Waals surface area contributed by atoms with Crippen molar-refractivity contribution in [3.63, 3.8) is 0 Å². The van der Waals surface area contributed by atoms with Gasteiger partial charge in [-0.1, -0.05) is 13.3 Å². The minimum Gasteiger partial charge on any atom is -0.481 e. The normalized spacial score (nSPS) is 7.44. The zero-order chi connectivity index (χ0) is 7.70. The maximum Gasteiger partial charge on any atom is 0.300 e. The van der Waals surface area contributed by atoms with E-state index >= 15 is 0 Å². The molecule has 0 saturated carbocycles. The molecular formula is C6H14O3. The van der Waals surface area contributed by atoms with Gasteiger partial charge in [0.15, 0.2) is 0 Å². The second kappa shape index (κ2) is 10.4. The van der Waals surface area contributed by atoms with Gasteiger partial charge in [-0.15, -0.1) is 0 Å². The summed E-state index contributed by atoms with van der Waals surface area (Å²) in [5.41, 5.74) is 0. The number of carbonyl (C=O) groups is 1. The van der Waals surface area contributed by atoms with Gasteiger partial charge in [-0.25, -0.2) is 0 Å². The number of hydrogen-bond donors (Lipinski definition) is 2. The predicted octanol–water partition coefficient (Wildman–Crippen LogP) is 0.870. The van der Waals surface area contributed by atoms with Gasteiger partial charge < -0.3 is 10.2 Å². The molecule has 56 valence electrons. The average Bonchev–Trinajstić information content (AvgIpc) is 1.66. The average molecular weight is 134 g/mol. The highest BCUT2D eigenvalue weighted by molar-refractivity contribution is 5.62. The maximum atomic E-state index is 9.00. The van der Waals surface area contributed by atoms with Crippen molar-refractivity contribution in [3.8, 4) is 0 Å². The minimum absolute atomic E-state index is 0.344. The van der Waals surface area contributed by atoms with Crippen molar-refractivity contribution in [1.82, 2.24) is 0 Å². The Balaban J connectivity index is 0. The molecule has 0 aliphatic carbocycles. The van der Waals surface area contributed by atoms with Crippen LogP contribution in [0.15, 0.2) is 0 Å². The van der Waals surface area contributed by atoms with Crippen LogP contribution in [-0.4, -0.2) is 22.8 Å². The molecule has 0 fully saturated rings. The molecule has 0 aromatic carbocycles. The van der Waals surface area contributed by atoms with Crippen molar-refractivity contribution in [1.29, 1.82) is 0 Å². The first kappa shape index (κ1) is 11.3. The second-order valence-electron chi connectivity index (χ2n) is 1.60. The fraction of sp³-hybridized carbons (Fsp3) is 0.833. The van der Waals surface area contributed by atoms with Crippen molar-refractivity contribution >= 4 is 5.97 Å². The number of aliphatic hydroxyl groups excluding tert-OH is 1. The molecule has 0 bridgehead atoms. The Kier molecular flexibility index (Phi) is 13.0. The Morgan fingerprint density at radius 1 is 1.56 bits per heavy atom. The van der Waals surface area contributed by atoms with Crippen LogP contribution >= 0.6 is 0 Å². The third-order valence-corrected chi connectivity index (χ3v) is 0.512. The van der Waals surface area contributed by atoms with Crippen LogP contribution in [0.1, 0.15) is 26.7 Å². The van der Waals surface area contributed by atoms with Gasteiger partial charge in [-0.3, -0.25) is 4.79 Å². The molecule has 0 atom stereocenters. The Bertz CT molecular complexity index is 55.3. The summed E-state index contributed by atoms with van der Waals surface area (Å²) in [7, 11) is 0. The van der Waals surface area contributed by atoms with E-state index in [0.29, 0.717) is 6.61 Å². The van der Waals surface area contributed by atoms with Crippen LogP contribution < -0.4 is 0 Å². The summed E-state index contributed by atoms with van der Waals surface area (Å²) in [6.07, 6.45) is 2.04.